The van der Waals surface area contributed by atoms with E-state index in [-0.39, 0.29) is 18.1 Å². The molecule has 1 saturated carbocycles. The number of Topliss-reactive ketones (excluding diaryl/α,β-unsaturated/α-hetero) is 1. The Labute approximate surface area is 98.7 Å². The monoisotopic (exact) mass is 224 g/mol. The van der Waals surface area contributed by atoms with Crippen LogP contribution < -0.4 is 0 Å². The number of carbonyl (C=O) groups is 1. The Hall–Kier alpha value is -0.370. The summed E-state index contributed by atoms with van der Waals surface area (Å²) in [6.07, 6.45) is 5.64. The highest BCUT2D eigenvalue weighted by atomic mass is 16.5. The number of hydrogen-bond donors (Lipinski definition) is 0. The molecule has 0 spiro atoms. The van der Waals surface area contributed by atoms with E-state index in [2.05, 4.69) is 20.8 Å². The smallest absolute Gasteiger partial charge is 0.164 e. The average molecular weight is 224 g/mol. The lowest BCUT2D eigenvalue weighted by molar-refractivity contribution is -0.135. The van der Waals surface area contributed by atoms with E-state index in [4.69, 9.17) is 4.74 Å². The first-order valence-corrected chi connectivity index (χ1v) is 6.75. The molecule has 4 unspecified atom stereocenters. The van der Waals surface area contributed by atoms with Gasteiger partial charge in [0, 0.05) is 5.92 Å². The van der Waals surface area contributed by atoms with Gasteiger partial charge in [-0.3, -0.25) is 4.79 Å². The van der Waals surface area contributed by atoms with E-state index in [1.54, 1.807) is 0 Å². The number of hydrogen-bond acceptors (Lipinski definition) is 2. The van der Waals surface area contributed by atoms with Crippen molar-refractivity contribution in [1.29, 1.82) is 0 Å². The van der Waals surface area contributed by atoms with Crippen LogP contribution >= 0.6 is 0 Å². The van der Waals surface area contributed by atoms with Crippen molar-refractivity contribution in [2.45, 2.75) is 65.1 Å². The largest absolute Gasteiger partial charge is 0.367 e. The normalized spacial score (nSPS) is 44.6. The minimum atomic E-state index is -0.0856. The first-order chi connectivity index (χ1) is 7.56. The summed E-state index contributed by atoms with van der Waals surface area (Å²) in [6, 6.07) is 0. The molecule has 0 radical (unpaired) electrons. The summed E-state index contributed by atoms with van der Waals surface area (Å²) in [5.74, 6) is 2.07. The van der Waals surface area contributed by atoms with E-state index in [0.29, 0.717) is 17.6 Å². The van der Waals surface area contributed by atoms with Crippen LogP contribution in [0, 0.1) is 17.8 Å². The van der Waals surface area contributed by atoms with Gasteiger partial charge in [-0.25, -0.2) is 0 Å². The number of rotatable bonds is 2. The fourth-order valence-corrected chi connectivity index (χ4v) is 3.45. The maximum absolute atomic E-state index is 12.3. The zero-order valence-electron chi connectivity index (χ0n) is 10.7. The van der Waals surface area contributed by atoms with Crippen molar-refractivity contribution in [2.75, 3.05) is 0 Å². The van der Waals surface area contributed by atoms with Crippen molar-refractivity contribution in [1.82, 2.24) is 0 Å². The number of carbonyl (C=O) groups excluding carboxylic acids is 1. The molecular formula is C14H24O2. The molecule has 0 N–H and O–H groups in total. The van der Waals surface area contributed by atoms with E-state index in [1.807, 2.05) is 0 Å². The van der Waals surface area contributed by atoms with Gasteiger partial charge in [-0.15, -0.1) is 0 Å². The molecule has 0 aromatic heterocycles. The van der Waals surface area contributed by atoms with Gasteiger partial charge < -0.3 is 4.74 Å². The zero-order valence-corrected chi connectivity index (χ0v) is 10.7. The average Bonchev–Trinajstić information content (AvgIpc) is 2.62. The van der Waals surface area contributed by atoms with Gasteiger partial charge in [0.25, 0.3) is 0 Å². The molecule has 1 heterocycles. The van der Waals surface area contributed by atoms with Crippen LogP contribution in [0.4, 0.5) is 0 Å². The van der Waals surface area contributed by atoms with Gasteiger partial charge in [0.2, 0.25) is 0 Å². The summed E-state index contributed by atoms with van der Waals surface area (Å²) in [6.45, 7) is 6.61. The summed E-state index contributed by atoms with van der Waals surface area (Å²) < 4.78 is 5.70. The lowest BCUT2D eigenvalue weighted by Gasteiger charge is -2.31. The summed E-state index contributed by atoms with van der Waals surface area (Å²) in [5, 5.41) is 0. The van der Waals surface area contributed by atoms with E-state index >= 15 is 0 Å². The molecule has 0 aromatic rings. The van der Waals surface area contributed by atoms with Crippen LogP contribution in [0.2, 0.25) is 0 Å². The molecule has 4 atom stereocenters. The third-order valence-electron chi connectivity index (χ3n) is 4.13. The van der Waals surface area contributed by atoms with Crippen molar-refractivity contribution in [2.24, 2.45) is 17.8 Å². The molecule has 1 saturated heterocycles. The highest BCUT2D eigenvalue weighted by molar-refractivity contribution is 5.85. The molecule has 16 heavy (non-hydrogen) atoms. The van der Waals surface area contributed by atoms with Gasteiger partial charge in [0.1, 0.15) is 6.10 Å². The zero-order chi connectivity index (χ0) is 11.7. The minimum Gasteiger partial charge on any atom is -0.367 e. The van der Waals surface area contributed by atoms with Gasteiger partial charge in [-0.05, 0) is 50.9 Å². The van der Waals surface area contributed by atoms with Gasteiger partial charge in [0.05, 0.1) is 6.10 Å². The summed E-state index contributed by atoms with van der Waals surface area (Å²) in [7, 11) is 0. The van der Waals surface area contributed by atoms with E-state index in [1.165, 1.54) is 6.42 Å². The second-order valence-corrected chi connectivity index (χ2v) is 6.03. The lowest BCUT2D eigenvalue weighted by Crippen LogP contribution is -2.33. The highest BCUT2D eigenvalue weighted by Gasteiger charge is 2.36. The number of ketones is 1. The molecule has 92 valence electrons. The van der Waals surface area contributed by atoms with Crippen LogP contribution in [-0.2, 0) is 9.53 Å². The van der Waals surface area contributed by atoms with Crippen molar-refractivity contribution in [3.8, 4) is 0 Å². The maximum Gasteiger partial charge on any atom is 0.164 e. The SMILES string of the molecule is CC1CC(C)CC(C(=O)C2CCC(C)O2)C1. The summed E-state index contributed by atoms with van der Waals surface area (Å²) in [4.78, 5) is 12.3. The van der Waals surface area contributed by atoms with Gasteiger partial charge in [-0.2, -0.15) is 0 Å². The van der Waals surface area contributed by atoms with Crippen molar-refractivity contribution in [3.05, 3.63) is 0 Å². The van der Waals surface area contributed by atoms with E-state index < -0.39 is 0 Å². The quantitative estimate of drug-likeness (QED) is 0.720. The molecule has 0 aromatic carbocycles. The van der Waals surface area contributed by atoms with Crippen LogP contribution in [0.25, 0.3) is 0 Å². The van der Waals surface area contributed by atoms with Gasteiger partial charge >= 0.3 is 0 Å². The molecule has 2 nitrogen and oxygen atoms in total. The van der Waals surface area contributed by atoms with E-state index in [9.17, 15) is 4.79 Å². The molecule has 1 aliphatic carbocycles. The molecule has 2 fully saturated rings. The topological polar surface area (TPSA) is 26.3 Å². The third-order valence-corrected chi connectivity index (χ3v) is 4.13. The summed E-state index contributed by atoms with van der Waals surface area (Å²) in [5.41, 5.74) is 0. The Morgan fingerprint density at radius 2 is 1.62 bits per heavy atom. The number of ether oxygens (including phenoxy) is 1. The molecule has 2 rings (SSSR count). The molecule has 1 aliphatic heterocycles. The Balaban J connectivity index is 1.93. The molecule has 0 bridgehead atoms. The van der Waals surface area contributed by atoms with E-state index in [0.717, 1.165) is 25.7 Å². The molecular weight excluding hydrogens is 200 g/mol. The predicted molar refractivity (Wildman–Crippen MR) is 64.2 cm³/mol. The lowest BCUT2D eigenvalue weighted by atomic mass is 9.74. The predicted octanol–water partition coefficient (Wildman–Crippen LogP) is 3.20. The summed E-state index contributed by atoms with van der Waals surface area (Å²) >= 11 is 0. The Morgan fingerprint density at radius 1 is 1.00 bits per heavy atom. The van der Waals surface area contributed by atoms with Crippen LogP contribution in [0.5, 0.6) is 0 Å². The third kappa shape index (κ3) is 2.65. The van der Waals surface area contributed by atoms with Crippen molar-refractivity contribution >= 4 is 5.78 Å². The van der Waals surface area contributed by atoms with Crippen LogP contribution in [0.1, 0.15) is 52.9 Å². The fourth-order valence-electron chi connectivity index (χ4n) is 3.45. The van der Waals surface area contributed by atoms with Gasteiger partial charge in [-0.1, -0.05) is 13.8 Å². The second-order valence-electron chi connectivity index (χ2n) is 6.03. The van der Waals surface area contributed by atoms with Gasteiger partial charge in [0.15, 0.2) is 5.78 Å². The minimum absolute atomic E-state index is 0.0856. The van der Waals surface area contributed by atoms with Crippen molar-refractivity contribution in [3.63, 3.8) is 0 Å². The first kappa shape index (κ1) is 12.1. The standard InChI is InChI=1S/C14H24O2/c1-9-6-10(2)8-12(7-9)14(15)13-5-4-11(3)16-13/h9-13H,4-8H2,1-3H3. The molecule has 2 heteroatoms. The van der Waals surface area contributed by atoms with Crippen LogP contribution in [-0.4, -0.2) is 18.0 Å². The maximum atomic E-state index is 12.3. The van der Waals surface area contributed by atoms with Crippen LogP contribution in [0.3, 0.4) is 0 Å². The fraction of sp³-hybridized carbons (Fsp3) is 0.929. The van der Waals surface area contributed by atoms with Crippen LogP contribution in [0.15, 0.2) is 0 Å². The molecule has 0 amide bonds. The second kappa shape index (κ2) is 4.87. The molecule has 2 aliphatic rings. The Morgan fingerprint density at radius 3 is 2.12 bits per heavy atom. The highest BCUT2D eigenvalue weighted by Crippen LogP contribution is 2.35. The van der Waals surface area contributed by atoms with Crippen molar-refractivity contribution < 1.29 is 9.53 Å². The first-order valence-electron chi connectivity index (χ1n) is 6.75. The Bertz CT molecular complexity index is 251. The Kier molecular flexibility index (Phi) is 3.68.